The van der Waals surface area contributed by atoms with E-state index in [1.807, 2.05) is 17.9 Å². The fraction of sp³-hybridized carbons (Fsp3) is 0.486. The number of nitrogens with one attached hydrogen (secondary N) is 3. The molecule has 6 rings (SSSR count). The summed E-state index contributed by atoms with van der Waals surface area (Å²) in [6, 6.07) is 14.2. The zero-order valence-electron chi connectivity index (χ0n) is 26.8. The molecule has 1 spiro atoms. The van der Waals surface area contributed by atoms with Crippen LogP contribution in [0.5, 0.6) is 11.5 Å². The van der Waals surface area contributed by atoms with Crippen molar-refractivity contribution in [2.45, 2.75) is 70.0 Å². The molecule has 0 aliphatic carbocycles. The van der Waals surface area contributed by atoms with E-state index in [9.17, 15) is 19.2 Å². The number of piperazine rings is 1. The molecule has 0 radical (unpaired) electrons. The molecule has 0 unspecified atom stereocenters. The highest BCUT2D eigenvalue weighted by atomic mass is 16.7. The van der Waals surface area contributed by atoms with E-state index in [4.69, 9.17) is 13.9 Å². The Bertz CT molecular complexity index is 1650. The van der Waals surface area contributed by atoms with Gasteiger partial charge in [0.2, 0.25) is 18.6 Å². The van der Waals surface area contributed by atoms with Gasteiger partial charge in [-0.15, -0.1) is 0 Å². The summed E-state index contributed by atoms with van der Waals surface area (Å²) in [6.45, 7) is 5.73. The van der Waals surface area contributed by atoms with E-state index in [1.54, 1.807) is 12.1 Å². The lowest BCUT2D eigenvalue weighted by Gasteiger charge is -2.51. The van der Waals surface area contributed by atoms with E-state index in [0.717, 1.165) is 32.5 Å². The van der Waals surface area contributed by atoms with Crippen LogP contribution in [0.3, 0.4) is 0 Å². The van der Waals surface area contributed by atoms with Crippen LogP contribution in [0.4, 0.5) is 4.79 Å². The molecule has 2 saturated heterocycles. The van der Waals surface area contributed by atoms with E-state index in [1.165, 1.54) is 11.6 Å². The number of piperidine rings is 1. The van der Waals surface area contributed by atoms with E-state index in [2.05, 4.69) is 45.1 Å². The van der Waals surface area contributed by atoms with Crippen LogP contribution in [-0.4, -0.2) is 78.7 Å². The fourth-order valence-corrected chi connectivity index (χ4v) is 6.87. The average Bonchev–Trinajstić information content (AvgIpc) is 3.54. The molecule has 4 heterocycles. The molecule has 250 valence electrons. The van der Waals surface area contributed by atoms with Crippen molar-refractivity contribution in [1.29, 1.82) is 0 Å². The van der Waals surface area contributed by atoms with Crippen molar-refractivity contribution in [2.75, 3.05) is 39.5 Å². The van der Waals surface area contributed by atoms with Crippen molar-refractivity contribution in [2.24, 2.45) is 0 Å². The zero-order valence-corrected chi connectivity index (χ0v) is 26.8. The summed E-state index contributed by atoms with van der Waals surface area (Å²) in [6.07, 6.45) is 4.84. The normalized spacial score (nSPS) is 18.8. The minimum absolute atomic E-state index is 0.00272. The molecule has 47 heavy (non-hydrogen) atoms. The highest BCUT2D eigenvalue weighted by Gasteiger charge is 2.53. The van der Waals surface area contributed by atoms with Crippen LogP contribution in [0.15, 0.2) is 57.7 Å². The molecule has 4 amide bonds. The van der Waals surface area contributed by atoms with Gasteiger partial charge in [0.1, 0.15) is 17.2 Å². The topological polar surface area (TPSA) is 142 Å². The second-order valence-corrected chi connectivity index (χ2v) is 12.5. The van der Waals surface area contributed by atoms with Gasteiger partial charge in [-0.2, -0.15) is 0 Å². The van der Waals surface area contributed by atoms with Gasteiger partial charge in [-0.3, -0.25) is 9.59 Å². The van der Waals surface area contributed by atoms with Crippen LogP contribution in [0, 0.1) is 0 Å². The van der Waals surface area contributed by atoms with Crippen LogP contribution < -0.4 is 31.0 Å². The Morgan fingerprint density at radius 2 is 1.74 bits per heavy atom. The molecule has 0 saturated carbocycles. The lowest BCUT2D eigenvalue weighted by Crippen LogP contribution is -2.72. The van der Waals surface area contributed by atoms with Crippen molar-refractivity contribution in [3.8, 4) is 11.5 Å². The first kappa shape index (κ1) is 32.4. The molecule has 2 fully saturated rings. The summed E-state index contributed by atoms with van der Waals surface area (Å²) in [5.74, 6) is 1.02. The third kappa shape index (κ3) is 7.22. The lowest BCUT2D eigenvalue weighted by atomic mass is 9.81. The molecule has 1 atom stereocenters. The first-order valence-electron chi connectivity index (χ1n) is 16.6. The maximum atomic E-state index is 13.7. The first-order chi connectivity index (χ1) is 22.9. The third-order valence-electron chi connectivity index (χ3n) is 9.47. The molecule has 3 aliphatic rings. The molecule has 3 aromatic rings. The predicted octanol–water partition coefficient (Wildman–Crippen LogP) is 3.31. The van der Waals surface area contributed by atoms with Gasteiger partial charge in [-0.1, -0.05) is 37.3 Å². The van der Waals surface area contributed by atoms with Crippen molar-refractivity contribution in [3.05, 3.63) is 70.1 Å². The second kappa shape index (κ2) is 14.5. The molecular weight excluding hydrogens is 602 g/mol. The van der Waals surface area contributed by atoms with Gasteiger partial charge >= 0.3 is 11.7 Å². The van der Waals surface area contributed by atoms with E-state index in [0.29, 0.717) is 73.2 Å². The number of amides is 4. The Morgan fingerprint density at radius 3 is 2.51 bits per heavy atom. The summed E-state index contributed by atoms with van der Waals surface area (Å²) in [7, 11) is 0. The SMILES string of the molecule is CCCN1C(=O)[C@H](CCCCNC(=O)NCc2cc(=O)oc3cc4c(cc23)OCO4)NC(=O)C12CCN(CCc1ccccc1)CC2. The largest absolute Gasteiger partial charge is 0.454 e. The maximum Gasteiger partial charge on any atom is 0.336 e. The van der Waals surface area contributed by atoms with Crippen molar-refractivity contribution in [3.63, 3.8) is 0 Å². The molecular formula is C35H43N5O7. The molecule has 12 heteroatoms. The smallest absolute Gasteiger partial charge is 0.336 e. The van der Waals surface area contributed by atoms with E-state index >= 15 is 0 Å². The molecule has 12 nitrogen and oxygen atoms in total. The fourth-order valence-electron chi connectivity index (χ4n) is 6.87. The number of unbranched alkanes of at least 4 members (excludes halogenated alkanes) is 1. The average molecular weight is 646 g/mol. The van der Waals surface area contributed by atoms with Crippen molar-refractivity contribution in [1.82, 2.24) is 25.8 Å². The van der Waals surface area contributed by atoms with Gasteiger partial charge in [-0.05, 0) is 62.1 Å². The minimum atomic E-state index is -0.779. The monoisotopic (exact) mass is 645 g/mol. The Hall–Kier alpha value is -4.58. The third-order valence-corrected chi connectivity index (χ3v) is 9.47. The molecule has 3 aliphatic heterocycles. The Kier molecular flexibility index (Phi) is 9.95. The summed E-state index contributed by atoms with van der Waals surface area (Å²) < 4.78 is 16.1. The number of carbonyl (C=O) groups excluding carboxylic acids is 3. The summed E-state index contributed by atoms with van der Waals surface area (Å²) in [5.41, 5.74) is 0.958. The van der Waals surface area contributed by atoms with Gasteiger partial charge in [0.05, 0.1) is 0 Å². The molecule has 0 bridgehead atoms. The van der Waals surface area contributed by atoms with Crippen LogP contribution in [0.25, 0.3) is 11.0 Å². The summed E-state index contributed by atoms with van der Waals surface area (Å²) in [4.78, 5) is 56.1. The number of hydrogen-bond acceptors (Lipinski definition) is 8. The number of nitrogens with zero attached hydrogens (tertiary/aromatic N) is 2. The van der Waals surface area contributed by atoms with Crippen molar-refractivity contribution < 1.29 is 28.3 Å². The van der Waals surface area contributed by atoms with Gasteiger partial charge in [0, 0.05) is 56.8 Å². The molecule has 3 N–H and O–H groups in total. The number of rotatable bonds is 12. The highest BCUT2D eigenvalue weighted by molar-refractivity contribution is 6.00. The number of ether oxygens (including phenoxy) is 2. The summed E-state index contributed by atoms with van der Waals surface area (Å²) >= 11 is 0. The number of hydrogen-bond donors (Lipinski definition) is 3. The zero-order chi connectivity index (χ0) is 32.8. The standard InChI is InChI=1S/C35H43N5O7/c1-2-15-40-32(42)27(38-33(43)35(40)12-17-39(18-13-35)16-11-24-8-4-3-5-9-24)10-6-7-14-36-34(44)37-22-25-19-31(41)47-28-21-30-29(20-26(25)28)45-23-46-30/h3-5,8-9,19-21,27H,2,6-7,10-18,22-23H2,1H3,(H,38,43)(H2,36,37,44)/t27-/m0/s1. The van der Waals surface area contributed by atoms with Gasteiger partial charge in [0.15, 0.2) is 11.5 Å². The van der Waals surface area contributed by atoms with E-state index < -0.39 is 17.2 Å². The number of benzene rings is 2. The molecule has 1 aromatic heterocycles. The van der Waals surface area contributed by atoms with Crippen molar-refractivity contribution >= 4 is 28.8 Å². The molecule has 2 aromatic carbocycles. The van der Waals surface area contributed by atoms with Crippen LogP contribution in [0.1, 0.15) is 56.6 Å². The Balaban J connectivity index is 0.947. The van der Waals surface area contributed by atoms with Crippen LogP contribution >= 0.6 is 0 Å². The Morgan fingerprint density at radius 1 is 0.979 bits per heavy atom. The second-order valence-electron chi connectivity index (χ2n) is 12.5. The highest BCUT2D eigenvalue weighted by Crippen LogP contribution is 2.37. The minimum Gasteiger partial charge on any atom is -0.454 e. The van der Waals surface area contributed by atoms with Gasteiger partial charge in [-0.25, -0.2) is 9.59 Å². The number of carbonyl (C=O) groups is 3. The quantitative estimate of drug-likeness (QED) is 0.201. The Labute approximate surface area is 273 Å². The van der Waals surface area contributed by atoms with Crippen LogP contribution in [0.2, 0.25) is 0 Å². The number of fused-ring (bicyclic) bond motifs is 2. The number of likely N-dealkylation sites (tertiary alicyclic amines) is 1. The maximum absolute atomic E-state index is 13.7. The van der Waals surface area contributed by atoms with Crippen LogP contribution in [-0.2, 0) is 22.6 Å². The van der Waals surface area contributed by atoms with Gasteiger partial charge < -0.3 is 39.6 Å². The number of urea groups is 1. The predicted molar refractivity (Wildman–Crippen MR) is 175 cm³/mol. The van der Waals surface area contributed by atoms with Gasteiger partial charge in [0.25, 0.3) is 0 Å². The lowest BCUT2D eigenvalue weighted by molar-refractivity contribution is -0.161. The summed E-state index contributed by atoms with van der Waals surface area (Å²) in [5, 5.41) is 9.33. The van der Waals surface area contributed by atoms with E-state index in [-0.39, 0.29) is 31.2 Å². The first-order valence-corrected chi connectivity index (χ1v) is 16.6.